The molecule has 0 radical (unpaired) electrons. The van der Waals surface area contributed by atoms with E-state index in [1.54, 1.807) is 11.1 Å². The first-order chi connectivity index (χ1) is 16.2. The number of hydrogen-bond donors (Lipinski definition) is 2. The van der Waals surface area contributed by atoms with Gasteiger partial charge in [-0.15, -0.1) is 0 Å². The number of benzene rings is 1. The Labute approximate surface area is 198 Å². The first-order valence-corrected chi connectivity index (χ1v) is 11.8. The van der Waals surface area contributed by atoms with Gasteiger partial charge in [-0.1, -0.05) is 0 Å². The molecule has 2 fully saturated rings. The number of nitrogens with two attached hydrogens (primary N) is 1. The van der Waals surface area contributed by atoms with Crippen LogP contribution in [-0.2, 0) is 11.3 Å². The van der Waals surface area contributed by atoms with E-state index < -0.39 is 23.2 Å². The average molecular weight is 476 g/mol. The largest absolute Gasteiger partial charge is 0.384 e. The first-order valence-electron chi connectivity index (χ1n) is 11.8. The number of carbonyl (C=O) groups is 1. The van der Waals surface area contributed by atoms with E-state index in [9.17, 15) is 13.6 Å². The van der Waals surface area contributed by atoms with Crippen molar-refractivity contribution in [2.24, 2.45) is 0 Å². The summed E-state index contributed by atoms with van der Waals surface area (Å²) in [6, 6.07) is 7.06. The lowest BCUT2D eigenvalue weighted by atomic mass is 9.90. The molecular weight excluding hydrogens is 443 g/mol. The van der Waals surface area contributed by atoms with Gasteiger partial charge in [0.2, 0.25) is 0 Å². The van der Waals surface area contributed by atoms with Crippen LogP contribution in [0.1, 0.15) is 49.8 Å². The summed E-state index contributed by atoms with van der Waals surface area (Å²) in [5.74, 6) is -1.17. The minimum absolute atomic E-state index is 0.0931. The smallest absolute Gasteiger partial charge is 0.260 e. The van der Waals surface area contributed by atoms with Gasteiger partial charge in [-0.05, 0) is 55.2 Å². The monoisotopic (exact) mass is 475 g/mol. The number of carbonyl (C=O) groups excluding carboxylic acids is 1. The SMILES string of the molecule is CC(NC1CCN(C(=O)C2(F)CCN(Cc3ccnc(N)c3)CC2)CC1)c1cc(F)cc(F)c1. The van der Waals surface area contributed by atoms with Crippen molar-refractivity contribution in [3.8, 4) is 0 Å². The van der Waals surface area contributed by atoms with Gasteiger partial charge in [0.15, 0.2) is 5.67 Å². The Balaban J connectivity index is 1.25. The second-order valence-electron chi connectivity index (χ2n) is 9.49. The topological polar surface area (TPSA) is 74.5 Å². The molecule has 184 valence electrons. The number of piperidine rings is 2. The summed E-state index contributed by atoms with van der Waals surface area (Å²) in [7, 11) is 0. The van der Waals surface area contributed by atoms with Crippen LogP contribution in [0.2, 0.25) is 0 Å². The molecule has 0 spiro atoms. The number of rotatable bonds is 6. The van der Waals surface area contributed by atoms with Gasteiger partial charge < -0.3 is 16.0 Å². The standard InChI is InChI=1S/C25H32F3N5O/c1-17(19-13-20(26)15-21(27)14-19)31-22-3-8-33(9-4-22)24(34)25(28)5-10-32(11-6-25)16-18-2-7-30-23(29)12-18/h2,7,12-15,17,22,31H,3-6,8-11,16H2,1H3,(H2,29,30). The zero-order valence-electron chi connectivity index (χ0n) is 19.4. The molecule has 0 bridgehead atoms. The van der Waals surface area contributed by atoms with Crippen molar-refractivity contribution in [3.05, 3.63) is 59.3 Å². The molecule has 1 aromatic carbocycles. The molecule has 1 atom stereocenters. The molecule has 2 saturated heterocycles. The summed E-state index contributed by atoms with van der Waals surface area (Å²) in [4.78, 5) is 20.8. The maximum absolute atomic E-state index is 15.6. The van der Waals surface area contributed by atoms with Crippen molar-refractivity contribution >= 4 is 11.7 Å². The fourth-order valence-corrected chi connectivity index (χ4v) is 4.94. The Morgan fingerprint density at radius 1 is 1.15 bits per heavy atom. The van der Waals surface area contributed by atoms with Gasteiger partial charge in [-0.25, -0.2) is 18.2 Å². The number of halogens is 3. The third-order valence-electron chi connectivity index (χ3n) is 6.94. The molecule has 0 aliphatic carbocycles. The number of pyridine rings is 1. The molecule has 4 rings (SSSR count). The number of aromatic nitrogens is 1. The van der Waals surface area contributed by atoms with Crippen LogP contribution in [0.15, 0.2) is 36.5 Å². The molecule has 1 amide bonds. The van der Waals surface area contributed by atoms with Crippen molar-refractivity contribution in [2.75, 3.05) is 31.9 Å². The Bertz CT molecular complexity index is 984. The predicted molar refractivity (Wildman–Crippen MR) is 125 cm³/mol. The number of nitrogens with zero attached hydrogens (tertiary/aromatic N) is 3. The van der Waals surface area contributed by atoms with Crippen LogP contribution in [0.3, 0.4) is 0 Å². The van der Waals surface area contributed by atoms with Crippen LogP contribution in [0.5, 0.6) is 0 Å². The van der Waals surface area contributed by atoms with Crippen LogP contribution in [0.4, 0.5) is 19.0 Å². The fraction of sp³-hybridized carbons (Fsp3) is 0.520. The molecule has 2 aliphatic heterocycles. The number of nitrogens with one attached hydrogen (secondary N) is 1. The van der Waals surface area contributed by atoms with E-state index in [4.69, 9.17) is 5.73 Å². The highest BCUT2D eigenvalue weighted by Crippen LogP contribution is 2.31. The van der Waals surface area contributed by atoms with E-state index >= 15 is 4.39 Å². The molecule has 0 saturated carbocycles. The van der Waals surface area contributed by atoms with Crippen molar-refractivity contribution in [3.63, 3.8) is 0 Å². The van der Waals surface area contributed by atoms with E-state index in [0.717, 1.165) is 11.6 Å². The lowest BCUT2D eigenvalue weighted by molar-refractivity contribution is -0.148. The number of amides is 1. The van der Waals surface area contributed by atoms with Gasteiger partial charge in [-0.2, -0.15) is 0 Å². The normalized spacial score (nSPS) is 20.3. The predicted octanol–water partition coefficient (Wildman–Crippen LogP) is 3.59. The van der Waals surface area contributed by atoms with Gasteiger partial charge >= 0.3 is 0 Å². The summed E-state index contributed by atoms with van der Waals surface area (Å²) in [6.07, 6.45) is 3.34. The molecule has 2 aliphatic rings. The van der Waals surface area contributed by atoms with Gasteiger partial charge in [0, 0.05) is 69.9 Å². The molecular formula is C25H32F3N5O. The summed E-state index contributed by atoms with van der Waals surface area (Å²) < 4.78 is 42.6. The van der Waals surface area contributed by atoms with Crippen LogP contribution in [0, 0.1) is 11.6 Å². The number of likely N-dealkylation sites (tertiary alicyclic amines) is 2. The van der Waals surface area contributed by atoms with Gasteiger partial charge in [0.05, 0.1) is 0 Å². The molecule has 3 N–H and O–H groups in total. The summed E-state index contributed by atoms with van der Waals surface area (Å²) in [5, 5.41) is 3.39. The molecule has 6 nitrogen and oxygen atoms in total. The highest BCUT2D eigenvalue weighted by Gasteiger charge is 2.44. The maximum Gasteiger partial charge on any atom is 0.260 e. The molecule has 1 aromatic heterocycles. The highest BCUT2D eigenvalue weighted by atomic mass is 19.1. The Morgan fingerprint density at radius 2 is 1.79 bits per heavy atom. The summed E-state index contributed by atoms with van der Waals surface area (Å²) >= 11 is 0. The van der Waals surface area contributed by atoms with Crippen LogP contribution >= 0.6 is 0 Å². The Morgan fingerprint density at radius 3 is 2.41 bits per heavy atom. The third-order valence-corrected chi connectivity index (χ3v) is 6.94. The van der Waals surface area contributed by atoms with E-state index in [1.807, 2.05) is 19.1 Å². The van der Waals surface area contributed by atoms with E-state index in [-0.39, 0.29) is 24.9 Å². The third kappa shape index (κ3) is 5.88. The lowest BCUT2D eigenvalue weighted by Crippen LogP contribution is -2.55. The van der Waals surface area contributed by atoms with Gasteiger partial charge in [0.25, 0.3) is 5.91 Å². The summed E-state index contributed by atoms with van der Waals surface area (Å²) in [6.45, 7) is 4.45. The number of nitrogen functional groups attached to an aromatic ring is 1. The lowest BCUT2D eigenvalue weighted by Gasteiger charge is -2.41. The average Bonchev–Trinajstić information content (AvgIpc) is 2.80. The molecule has 9 heteroatoms. The highest BCUT2D eigenvalue weighted by molar-refractivity contribution is 5.85. The maximum atomic E-state index is 15.6. The van der Waals surface area contributed by atoms with Gasteiger partial charge in [0.1, 0.15) is 17.5 Å². The molecule has 2 aromatic rings. The van der Waals surface area contributed by atoms with E-state index in [0.29, 0.717) is 56.9 Å². The quantitative estimate of drug-likeness (QED) is 0.668. The Kier molecular flexibility index (Phi) is 7.42. The van der Waals surface area contributed by atoms with E-state index in [2.05, 4.69) is 15.2 Å². The van der Waals surface area contributed by atoms with Gasteiger partial charge in [-0.3, -0.25) is 9.69 Å². The summed E-state index contributed by atoms with van der Waals surface area (Å²) in [5.41, 5.74) is 5.46. The molecule has 34 heavy (non-hydrogen) atoms. The van der Waals surface area contributed by atoms with Crippen molar-refractivity contribution in [2.45, 2.75) is 56.9 Å². The second kappa shape index (κ2) is 10.3. The molecule has 1 unspecified atom stereocenters. The van der Waals surface area contributed by atoms with Crippen LogP contribution in [0.25, 0.3) is 0 Å². The van der Waals surface area contributed by atoms with Crippen molar-refractivity contribution in [1.82, 2.24) is 20.1 Å². The van der Waals surface area contributed by atoms with E-state index in [1.165, 1.54) is 12.1 Å². The zero-order valence-corrected chi connectivity index (χ0v) is 19.4. The van der Waals surface area contributed by atoms with Crippen LogP contribution < -0.4 is 11.1 Å². The number of anilines is 1. The first kappa shape index (κ1) is 24.5. The van der Waals surface area contributed by atoms with Crippen molar-refractivity contribution in [1.29, 1.82) is 0 Å². The minimum atomic E-state index is -1.83. The van der Waals surface area contributed by atoms with Crippen LogP contribution in [-0.4, -0.2) is 58.6 Å². The Hall–Kier alpha value is -2.65. The zero-order chi connectivity index (χ0) is 24.3. The number of hydrogen-bond acceptors (Lipinski definition) is 5. The molecule has 3 heterocycles. The minimum Gasteiger partial charge on any atom is -0.384 e. The second-order valence-corrected chi connectivity index (χ2v) is 9.49. The number of alkyl halides is 1. The fourth-order valence-electron chi connectivity index (χ4n) is 4.94. The van der Waals surface area contributed by atoms with Crippen molar-refractivity contribution < 1.29 is 18.0 Å².